The molecule has 0 spiro atoms. The summed E-state index contributed by atoms with van der Waals surface area (Å²) in [5.74, 6) is 0.867. The molecule has 0 N–H and O–H groups in total. The maximum absolute atomic E-state index is 5.27. The quantitative estimate of drug-likeness (QED) is 0.770. The molecule has 1 heterocycles. The molecule has 1 aromatic heterocycles. The molecule has 92 valence electrons. The highest BCUT2D eigenvalue weighted by molar-refractivity contribution is 5.76. The molecule has 0 aliphatic carbocycles. The summed E-state index contributed by atoms with van der Waals surface area (Å²) in [6.45, 7) is 2.61. The number of aromatic nitrogens is 1. The Morgan fingerprint density at radius 1 is 1.22 bits per heavy atom. The zero-order chi connectivity index (χ0) is 12.8. The molecule has 3 heteroatoms. The van der Waals surface area contributed by atoms with Crippen molar-refractivity contribution in [2.75, 3.05) is 7.11 Å². The summed E-state index contributed by atoms with van der Waals surface area (Å²) in [4.78, 5) is 8.65. The molecular weight excluding hydrogens is 224 g/mol. The molecule has 0 radical (unpaired) electrons. The second-order valence-electron chi connectivity index (χ2n) is 4.04. The van der Waals surface area contributed by atoms with Gasteiger partial charge in [0.15, 0.2) is 0 Å². The lowest BCUT2D eigenvalue weighted by Gasteiger charge is -2.04. The Balaban J connectivity index is 2.05. The van der Waals surface area contributed by atoms with Crippen LogP contribution in [0.15, 0.2) is 47.6 Å². The van der Waals surface area contributed by atoms with Crippen molar-refractivity contribution in [3.8, 4) is 5.75 Å². The van der Waals surface area contributed by atoms with Crippen LogP contribution in [-0.4, -0.2) is 18.3 Å². The van der Waals surface area contributed by atoms with E-state index < -0.39 is 0 Å². The third kappa shape index (κ3) is 3.17. The largest absolute Gasteiger partial charge is 0.496 e. The van der Waals surface area contributed by atoms with Gasteiger partial charge in [-0.05, 0) is 24.6 Å². The Kier molecular flexibility index (Phi) is 4.07. The molecule has 2 aromatic rings. The van der Waals surface area contributed by atoms with Crippen LogP contribution in [0.1, 0.15) is 16.8 Å². The first-order valence-electron chi connectivity index (χ1n) is 5.84. The minimum Gasteiger partial charge on any atom is -0.496 e. The average Bonchev–Trinajstić information content (AvgIpc) is 2.41. The van der Waals surface area contributed by atoms with Gasteiger partial charge in [0.1, 0.15) is 5.75 Å². The number of aliphatic imine (C=N–C) groups is 1. The topological polar surface area (TPSA) is 34.5 Å². The number of pyridine rings is 1. The molecule has 2 rings (SSSR count). The van der Waals surface area contributed by atoms with Gasteiger partial charge in [0, 0.05) is 18.0 Å². The first-order chi connectivity index (χ1) is 8.79. The fourth-order valence-electron chi connectivity index (χ4n) is 1.63. The standard InChI is InChI=1S/C15H16N2O/c1-12-7-8-14(17-9-12)11-16-10-13-5-3-4-6-15(13)18-2/h3-9,11H,10H2,1-2H3/b16-11+. The first-order valence-corrected chi connectivity index (χ1v) is 5.84. The molecule has 0 aliphatic rings. The van der Waals surface area contributed by atoms with E-state index in [-0.39, 0.29) is 0 Å². The number of aryl methyl sites for hydroxylation is 1. The zero-order valence-electron chi connectivity index (χ0n) is 10.6. The molecule has 0 atom stereocenters. The molecule has 1 aromatic carbocycles. The number of para-hydroxylation sites is 1. The van der Waals surface area contributed by atoms with E-state index in [4.69, 9.17) is 4.74 Å². The summed E-state index contributed by atoms with van der Waals surface area (Å²) >= 11 is 0. The van der Waals surface area contributed by atoms with Gasteiger partial charge in [0.2, 0.25) is 0 Å². The molecule has 0 fully saturated rings. The number of methoxy groups -OCH3 is 1. The summed E-state index contributed by atoms with van der Waals surface area (Å²) < 4.78 is 5.27. The fraction of sp³-hybridized carbons (Fsp3) is 0.200. The predicted octanol–water partition coefficient (Wildman–Crippen LogP) is 3.02. The summed E-state index contributed by atoms with van der Waals surface area (Å²) in [5.41, 5.74) is 3.09. The normalized spacial score (nSPS) is 10.8. The van der Waals surface area contributed by atoms with Crippen molar-refractivity contribution >= 4 is 6.21 Å². The third-order valence-electron chi connectivity index (χ3n) is 2.61. The van der Waals surface area contributed by atoms with Crippen LogP contribution < -0.4 is 4.74 Å². The van der Waals surface area contributed by atoms with E-state index in [0.717, 1.165) is 22.6 Å². The molecule has 3 nitrogen and oxygen atoms in total. The summed E-state index contributed by atoms with van der Waals surface area (Å²) in [5, 5.41) is 0. The van der Waals surface area contributed by atoms with Crippen LogP contribution in [0.4, 0.5) is 0 Å². The van der Waals surface area contributed by atoms with Crippen molar-refractivity contribution < 1.29 is 4.74 Å². The molecule has 0 bridgehead atoms. The molecule has 0 amide bonds. The number of rotatable bonds is 4. The lowest BCUT2D eigenvalue weighted by molar-refractivity contribution is 0.410. The molecular formula is C15H16N2O. The van der Waals surface area contributed by atoms with Crippen LogP contribution >= 0.6 is 0 Å². The predicted molar refractivity (Wildman–Crippen MR) is 73.3 cm³/mol. The molecule has 0 unspecified atom stereocenters. The maximum atomic E-state index is 5.27. The van der Waals surface area contributed by atoms with Crippen LogP contribution in [0, 0.1) is 6.92 Å². The van der Waals surface area contributed by atoms with Gasteiger partial charge in [-0.15, -0.1) is 0 Å². The number of hydrogen-bond donors (Lipinski definition) is 0. The minimum atomic E-state index is 0.597. The van der Waals surface area contributed by atoms with Gasteiger partial charge in [0.05, 0.1) is 19.3 Å². The van der Waals surface area contributed by atoms with E-state index in [1.54, 1.807) is 13.3 Å². The van der Waals surface area contributed by atoms with Gasteiger partial charge in [-0.2, -0.15) is 0 Å². The Morgan fingerprint density at radius 3 is 2.78 bits per heavy atom. The molecule has 18 heavy (non-hydrogen) atoms. The third-order valence-corrected chi connectivity index (χ3v) is 2.61. The van der Waals surface area contributed by atoms with Crippen LogP contribution in [-0.2, 0) is 6.54 Å². The SMILES string of the molecule is COc1ccccc1C/N=C/c1ccc(C)cn1. The van der Waals surface area contributed by atoms with Crippen LogP contribution in [0.3, 0.4) is 0 Å². The van der Waals surface area contributed by atoms with Gasteiger partial charge >= 0.3 is 0 Å². The van der Waals surface area contributed by atoms with Crippen molar-refractivity contribution in [2.45, 2.75) is 13.5 Å². The first kappa shape index (κ1) is 12.3. The van der Waals surface area contributed by atoms with E-state index >= 15 is 0 Å². The van der Waals surface area contributed by atoms with Crippen LogP contribution in [0.2, 0.25) is 0 Å². The summed E-state index contributed by atoms with van der Waals surface area (Å²) in [7, 11) is 1.67. The number of benzene rings is 1. The highest BCUT2D eigenvalue weighted by Crippen LogP contribution is 2.17. The highest BCUT2D eigenvalue weighted by Gasteiger charge is 1.99. The van der Waals surface area contributed by atoms with Crippen molar-refractivity contribution in [1.29, 1.82) is 0 Å². The fourth-order valence-corrected chi connectivity index (χ4v) is 1.63. The van der Waals surface area contributed by atoms with Crippen LogP contribution in [0.5, 0.6) is 5.75 Å². The number of ether oxygens (including phenoxy) is 1. The van der Waals surface area contributed by atoms with E-state index in [1.807, 2.05) is 49.5 Å². The Morgan fingerprint density at radius 2 is 2.06 bits per heavy atom. The van der Waals surface area contributed by atoms with E-state index in [1.165, 1.54) is 0 Å². The van der Waals surface area contributed by atoms with Gasteiger partial charge in [-0.25, -0.2) is 0 Å². The molecule has 0 saturated heterocycles. The lowest BCUT2D eigenvalue weighted by atomic mass is 10.2. The van der Waals surface area contributed by atoms with E-state index in [0.29, 0.717) is 6.54 Å². The smallest absolute Gasteiger partial charge is 0.123 e. The van der Waals surface area contributed by atoms with Crippen molar-refractivity contribution in [2.24, 2.45) is 4.99 Å². The minimum absolute atomic E-state index is 0.597. The van der Waals surface area contributed by atoms with Gasteiger partial charge < -0.3 is 4.74 Å². The second kappa shape index (κ2) is 5.96. The van der Waals surface area contributed by atoms with E-state index in [9.17, 15) is 0 Å². The highest BCUT2D eigenvalue weighted by atomic mass is 16.5. The number of nitrogens with zero attached hydrogens (tertiary/aromatic N) is 2. The zero-order valence-corrected chi connectivity index (χ0v) is 10.6. The van der Waals surface area contributed by atoms with Crippen molar-refractivity contribution in [3.63, 3.8) is 0 Å². The van der Waals surface area contributed by atoms with E-state index in [2.05, 4.69) is 9.98 Å². The van der Waals surface area contributed by atoms with Crippen molar-refractivity contribution in [1.82, 2.24) is 4.98 Å². The van der Waals surface area contributed by atoms with Gasteiger partial charge in [-0.3, -0.25) is 9.98 Å². The molecule has 0 aliphatic heterocycles. The number of hydrogen-bond acceptors (Lipinski definition) is 3. The molecule has 0 saturated carbocycles. The Labute approximate surface area is 107 Å². The summed E-state index contributed by atoms with van der Waals surface area (Å²) in [6.07, 6.45) is 3.62. The maximum Gasteiger partial charge on any atom is 0.123 e. The van der Waals surface area contributed by atoms with Crippen LogP contribution in [0.25, 0.3) is 0 Å². The monoisotopic (exact) mass is 240 g/mol. The second-order valence-corrected chi connectivity index (χ2v) is 4.04. The van der Waals surface area contributed by atoms with Crippen molar-refractivity contribution in [3.05, 3.63) is 59.4 Å². The Bertz CT molecular complexity index is 532. The summed E-state index contributed by atoms with van der Waals surface area (Å²) in [6, 6.07) is 11.9. The van der Waals surface area contributed by atoms with Gasteiger partial charge in [0.25, 0.3) is 0 Å². The Hall–Kier alpha value is -2.16. The lowest BCUT2D eigenvalue weighted by Crippen LogP contribution is -1.92. The average molecular weight is 240 g/mol. The van der Waals surface area contributed by atoms with Gasteiger partial charge in [-0.1, -0.05) is 24.3 Å².